The largest absolute Gasteiger partial charge is 0.497 e. The molecule has 10 heteroatoms. The fraction of sp³-hybridized carbons (Fsp3) is 0.174. The Morgan fingerprint density at radius 3 is 2.18 bits per heavy atom. The Hall–Kier alpha value is -3.92. The van der Waals surface area contributed by atoms with Gasteiger partial charge in [-0.15, -0.1) is 0 Å². The number of ether oxygens (including phenoxy) is 2. The van der Waals surface area contributed by atoms with Gasteiger partial charge in [-0.1, -0.05) is 0 Å². The Balaban J connectivity index is 1.48. The van der Waals surface area contributed by atoms with Gasteiger partial charge in [0, 0.05) is 17.4 Å². The van der Waals surface area contributed by atoms with Gasteiger partial charge in [-0.05, 0) is 74.9 Å². The molecule has 170 valence electrons. The normalized spacial score (nSPS) is 11.3. The van der Waals surface area contributed by atoms with E-state index in [2.05, 4.69) is 19.8 Å². The smallest absolute Gasteiger partial charge is 0.261 e. The van der Waals surface area contributed by atoms with E-state index in [0.717, 1.165) is 17.0 Å². The average Bonchev–Trinajstić information content (AvgIpc) is 3.08. The van der Waals surface area contributed by atoms with Crippen molar-refractivity contribution in [2.24, 2.45) is 0 Å². The third-order valence-electron chi connectivity index (χ3n) is 5.20. The first-order valence-electron chi connectivity index (χ1n) is 10.1. The van der Waals surface area contributed by atoms with Gasteiger partial charge in [-0.2, -0.15) is 5.10 Å². The summed E-state index contributed by atoms with van der Waals surface area (Å²) in [6.45, 7) is 5.93. The number of nitrogens with one attached hydrogen (secondary N) is 1. The van der Waals surface area contributed by atoms with Crippen molar-refractivity contribution >= 4 is 15.7 Å². The highest BCUT2D eigenvalue weighted by atomic mass is 32.2. The lowest BCUT2D eigenvalue weighted by molar-refractivity contribution is 0.414. The van der Waals surface area contributed by atoms with Crippen LogP contribution in [0.25, 0.3) is 5.82 Å². The quantitative estimate of drug-likeness (QED) is 0.436. The van der Waals surface area contributed by atoms with Gasteiger partial charge < -0.3 is 9.47 Å². The summed E-state index contributed by atoms with van der Waals surface area (Å²) in [6, 6.07) is 14.4. The van der Waals surface area contributed by atoms with Gasteiger partial charge in [-0.3, -0.25) is 4.72 Å². The molecule has 1 N–H and O–H groups in total. The van der Waals surface area contributed by atoms with E-state index in [0.29, 0.717) is 28.9 Å². The summed E-state index contributed by atoms with van der Waals surface area (Å²) in [5.41, 5.74) is 3.43. The van der Waals surface area contributed by atoms with Crippen LogP contribution in [0.4, 0.5) is 5.69 Å². The average molecular weight is 466 g/mol. The maximum Gasteiger partial charge on any atom is 0.261 e. The maximum absolute atomic E-state index is 12.6. The van der Waals surface area contributed by atoms with Gasteiger partial charge in [0.1, 0.15) is 17.8 Å². The van der Waals surface area contributed by atoms with Gasteiger partial charge in [0.2, 0.25) is 5.88 Å². The van der Waals surface area contributed by atoms with Gasteiger partial charge in [0.15, 0.2) is 5.82 Å². The van der Waals surface area contributed by atoms with Crippen molar-refractivity contribution in [2.75, 3.05) is 11.8 Å². The first-order chi connectivity index (χ1) is 15.8. The lowest BCUT2D eigenvalue weighted by Crippen LogP contribution is -2.12. The molecule has 0 saturated heterocycles. The van der Waals surface area contributed by atoms with E-state index in [1.54, 1.807) is 47.1 Å². The summed E-state index contributed by atoms with van der Waals surface area (Å²) < 4.78 is 40.4. The number of aromatic nitrogens is 4. The molecule has 0 saturated carbocycles. The van der Waals surface area contributed by atoms with Crippen LogP contribution in [0, 0.1) is 20.8 Å². The number of aryl methyl sites for hydroxylation is 1. The van der Waals surface area contributed by atoms with Gasteiger partial charge in [-0.25, -0.2) is 23.1 Å². The van der Waals surface area contributed by atoms with Crippen molar-refractivity contribution in [1.82, 2.24) is 19.7 Å². The molecule has 0 fully saturated rings. The second-order valence-electron chi connectivity index (χ2n) is 7.33. The van der Waals surface area contributed by atoms with E-state index in [4.69, 9.17) is 9.47 Å². The molecule has 0 amide bonds. The molecular weight excluding hydrogens is 442 g/mol. The number of rotatable bonds is 7. The molecule has 0 bridgehead atoms. The SMILES string of the molecule is COc1ccc(S(=O)(=O)Nc2ccc(Oc3cc(-n4nc(C)c(C)c4C)ncn3)cc2)cc1. The molecule has 0 aliphatic rings. The third-order valence-corrected chi connectivity index (χ3v) is 6.59. The number of methoxy groups -OCH3 is 1. The molecule has 0 unspecified atom stereocenters. The fourth-order valence-electron chi connectivity index (χ4n) is 3.13. The van der Waals surface area contributed by atoms with Gasteiger partial charge in [0.25, 0.3) is 10.0 Å². The van der Waals surface area contributed by atoms with Crippen molar-refractivity contribution in [3.63, 3.8) is 0 Å². The van der Waals surface area contributed by atoms with Crippen LogP contribution in [0.3, 0.4) is 0 Å². The lowest BCUT2D eigenvalue weighted by atomic mass is 10.2. The molecule has 33 heavy (non-hydrogen) atoms. The maximum atomic E-state index is 12.6. The van der Waals surface area contributed by atoms with Crippen LogP contribution in [0.5, 0.6) is 17.4 Å². The highest BCUT2D eigenvalue weighted by Gasteiger charge is 2.15. The Morgan fingerprint density at radius 2 is 1.58 bits per heavy atom. The predicted octanol–water partition coefficient (Wildman–Crippen LogP) is 4.19. The summed E-state index contributed by atoms with van der Waals surface area (Å²) in [7, 11) is -2.21. The van der Waals surface area contributed by atoms with E-state index < -0.39 is 10.0 Å². The second kappa shape index (κ2) is 8.91. The molecule has 0 radical (unpaired) electrons. The standard InChI is InChI=1S/C23H23N5O4S/c1-15-16(2)26-28(17(15)3)22-13-23(25-14-24-22)32-20-7-5-18(6-8-20)27-33(29,30)21-11-9-19(31-4)10-12-21/h5-14,27H,1-4H3. The monoisotopic (exact) mass is 465 g/mol. The van der Waals surface area contributed by atoms with Crippen LogP contribution >= 0.6 is 0 Å². The first kappa shape index (κ1) is 22.3. The van der Waals surface area contributed by atoms with Crippen molar-refractivity contribution in [1.29, 1.82) is 0 Å². The summed E-state index contributed by atoms with van der Waals surface area (Å²) in [5, 5.41) is 4.51. The predicted molar refractivity (Wildman–Crippen MR) is 124 cm³/mol. The van der Waals surface area contributed by atoms with E-state index in [1.807, 2.05) is 20.8 Å². The van der Waals surface area contributed by atoms with E-state index in [1.165, 1.54) is 25.6 Å². The molecule has 0 aliphatic carbocycles. The number of nitrogens with zero attached hydrogens (tertiary/aromatic N) is 4. The zero-order valence-corrected chi connectivity index (χ0v) is 19.4. The van der Waals surface area contributed by atoms with Crippen LogP contribution in [0.15, 0.2) is 65.8 Å². The minimum absolute atomic E-state index is 0.136. The van der Waals surface area contributed by atoms with Crippen molar-refractivity contribution in [3.05, 3.63) is 77.9 Å². The van der Waals surface area contributed by atoms with Gasteiger partial charge in [0.05, 0.1) is 17.7 Å². The Labute approximate surface area is 192 Å². The highest BCUT2D eigenvalue weighted by Crippen LogP contribution is 2.25. The summed E-state index contributed by atoms with van der Waals surface area (Å²) >= 11 is 0. The molecular formula is C23H23N5O4S. The number of hydrogen-bond donors (Lipinski definition) is 1. The van der Waals surface area contributed by atoms with Crippen LogP contribution < -0.4 is 14.2 Å². The Kier molecular flexibility index (Phi) is 6.01. The second-order valence-corrected chi connectivity index (χ2v) is 9.01. The van der Waals surface area contributed by atoms with Crippen LogP contribution in [-0.2, 0) is 10.0 Å². The lowest BCUT2D eigenvalue weighted by Gasteiger charge is -2.10. The van der Waals surface area contributed by atoms with Crippen molar-refractivity contribution < 1.29 is 17.9 Å². The number of anilines is 1. The molecule has 0 atom stereocenters. The Bertz CT molecular complexity index is 1380. The molecule has 4 rings (SSSR count). The molecule has 0 spiro atoms. The van der Waals surface area contributed by atoms with Crippen LogP contribution in [-0.4, -0.2) is 35.3 Å². The topological polar surface area (TPSA) is 108 Å². The zero-order chi connectivity index (χ0) is 23.6. The number of hydrogen-bond acceptors (Lipinski definition) is 7. The molecule has 2 aromatic heterocycles. The highest BCUT2D eigenvalue weighted by molar-refractivity contribution is 7.92. The number of sulfonamides is 1. The fourth-order valence-corrected chi connectivity index (χ4v) is 4.18. The van der Waals surface area contributed by atoms with Crippen molar-refractivity contribution in [3.8, 4) is 23.2 Å². The molecule has 2 heterocycles. The van der Waals surface area contributed by atoms with Gasteiger partial charge >= 0.3 is 0 Å². The van der Waals surface area contributed by atoms with Crippen LogP contribution in [0.2, 0.25) is 0 Å². The minimum atomic E-state index is -3.73. The van der Waals surface area contributed by atoms with E-state index in [-0.39, 0.29) is 4.90 Å². The molecule has 9 nitrogen and oxygen atoms in total. The first-order valence-corrected chi connectivity index (χ1v) is 11.5. The summed E-state index contributed by atoms with van der Waals surface area (Å²) in [5.74, 6) is 2.02. The Morgan fingerprint density at radius 1 is 0.909 bits per heavy atom. The zero-order valence-electron chi connectivity index (χ0n) is 18.6. The molecule has 4 aromatic rings. The minimum Gasteiger partial charge on any atom is -0.497 e. The summed E-state index contributed by atoms with van der Waals surface area (Å²) in [6.07, 6.45) is 1.41. The van der Waals surface area contributed by atoms with Crippen molar-refractivity contribution in [2.45, 2.75) is 25.7 Å². The van der Waals surface area contributed by atoms with E-state index >= 15 is 0 Å². The number of benzene rings is 2. The molecule has 2 aromatic carbocycles. The third kappa shape index (κ3) is 4.80. The molecule has 0 aliphatic heterocycles. The van der Waals surface area contributed by atoms with E-state index in [9.17, 15) is 8.42 Å². The van der Waals surface area contributed by atoms with Crippen LogP contribution in [0.1, 0.15) is 17.0 Å². The summed E-state index contributed by atoms with van der Waals surface area (Å²) in [4.78, 5) is 8.58.